The second-order valence-corrected chi connectivity index (χ2v) is 14.0. The summed E-state index contributed by atoms with van der Waals surface area (Å²) in [6, 6.07) is 27.7. The van der Waals surface area contributed by atoms with Crippen molar-refractivity contribution < 1.29 is 18.0 Å². The number of benzene rings is 4. The molecule has 0 aromatic heterocycles. The van der Waals surface area contributed by atoms with Gasteiger partial charge in [0.15, 0.2) is 0 Å². The Labute approximate surface area is 277 Å². The van der Waals surface area contributed by atoms with E-state index < -0.39 is 28.5 Å². The number of carbonyl (C=O) groups excluding carboxylic acids is 2. The smallest absolute Gasteiger partial charge is 0.264 e. The summed E-state index contributed by atoms with van der Waals surface area (Å²) in [6.07, 6.45) is 0.205. The van der Waals surface area contributed by atoms with Crippen molar-refractivity contribution in [2.45, 2.75) is 43.8 Å². The molecule has 4 aromatic carbocycles. The zero-order valence-electron chi connectivity index (χ0n) is 24.2. The fourth-order valence-electron chi connectivity index (χ4n) is 4.63. The fourth-order valence-corrected chi connectivity index (χ4v) is 6.65. The second kappa shape index (κ2) is 15.1. The van der Waals surface area contributed by atoms with Gasteiger partial charge in [-0.3, -0.25) is 13.9 Å². The van der Waals surface area contributed by atoms with Crippen molar-refractivity contribution in [2.75, 3.05) is 10.8 Å². The van der Waals surface area contributed by atoms with Gasteiger partial charge in [0.05, 0.1) is 20.6 Å². The molecule has 0 spiro atoms. The van der Waals surface area contributed by atoms with E-state index in [1.54, 1.807) is 60.7 Å². The molecule has 0 saturated carbocycles. The SMILES string of the molecule is CC(C)NC(=O)[C@@H](Cc1ccccc1)N(Cc1ccc(Cl)c(Cl)c1)C(=O)CN(c1ccc(Br)cc1)S(=O)(=O)c1ccccc1. The Morgan fingerprint density at radius 2 is 1.43 bits per heavy atom. The Hall–Kier alpha value is -3.37. The van der Waals surface area contributed by atoms with Crippen LogP contribution in [0.5, 0.6) is 0 Å². The highest BCUT2D eigenvalue weighted by molar-refractivity contribution is 9.10. The lowest BCUT2D eigenvalue weighted by Gasteiger charge is -2.34. The monoisotopic (exact) mass is 715 g/mol. The molecular weight excluding hydrogens is 685 g/mol. The van der Waals surface area contributed by atoms with E-state index >= 15 is 0 Å². The molecule has 0 heterocycles. The van der Waals surface area contributed by atoms with Crippen LogP contribution in [0.4, 0.5) is 5.69 Å². The Morgan fingerprint density at radius 3 is 2.02 bits per heavy atom. The van der Waals surface area contributed by atoms with Crippen molar-refractivity contribution in [1.82, 2.24) is 10.2 Å². The molecule has 4 rings (SSSR count). The third kappa shape index (κ3) is 8.63. The molecule has 0 radical (unpaired) electrons. The maximum absolute atomic E-state index is 14.4. The molecule has 44 heavy (non-hydrogen) atoms. The van der Waals surface area contributed by atoms with Crippen molar-refractivity contribution >= 4 is 66.7 Å². The van der Waals surface area contributed by atoms with Gasteiger partial charge in [0.2, 0.25) is 11.8 Å². The number of carbonyl (C=O) groups is 2. The summed E-state index contributed by atoms with van der Waals surface area (Å²) in [5.74, 6) is -0.934. The standard InChI is InChI=1S/C33H32BrCl2N3O4S/c1-23(2)37-33(41)31(20-24-9-5-3-6-10-24)38(21-25-13-18-29(35)30(36)19-25)32(40)22-39(27-16-14-26(34)15-17-27)44(42,43)28-11-7-4-8-12-28/h3-19,23,31H,20-22H2,1-2H3,(H,37,41)/t31-/m1/s1. The summed E-state index contributed by atoms with van der Waals surface area (Å²) in [5, 5.41) is 3.58. The first-order chi connectivity index (χ1) is 21.0. The predicted octanol–water partition coefficient (Wildman–Crippen LogP) is 7.12. The van der Waals surface area contributed by atoms with Gasteiger partial charge in [0.25, 0.3) is 10.0 Å². The Bertz CT molecular complexity index is 1690. The number of nitrogens with zero attached hydrogens (tertiary/aromatic N) is 2. The lowest BCUT2D eigenvalue weighted by molar-refractivity contribution is -0.140. The van der Waals surface area contributed by atoms with Crippen LogP contribution in [0.25, 0.3) is 0 Å². The molecule has 0 unspecified atom stereocenters. The average molecular weight is 718 g/mol. The summed E-state index contributed by atoms with van der Waals surface area (Å²) in [6.45, 7) is 3.10. The highest BCUT2D eigenvalue weighted by Crippen LogP contribution is 2.28. The van der Waals surface area contributed by atoms with E-state index in [0.29, 0.717) is 21.3 Å². The van der Waals surface area contributed by atoms with E-state index in [1.807, 2.05) is 44.2 Å². The number of sulfonamides is 1. The predicted molar refractivity (Wildman–Crippen MR) is 179 cm³/mol. The molecule has 11 heteroatoms. The highest BCUT2D eigenvalue weighted by Gasteiger charge is 2.34. The molecule has 7 nitrogen and oxygen atoms in total. The largest absolute Gasteiger partial charge is 0.352 e. The van der Waals surface area contributed by atoms with Gasteiger partial charge in [-0.05, 0) is 73.5 Å². The molecule has 4 aromatic rings. The third-order valence-electron chi connectivity index (χ3n) is 6.76. The van der Waals surface area contributed by atoms with Crippen LogP contribution < -0.4 is 9.62 Å². The van der Waals surface area contributed by atoms with Gasteiger partial charge in [0, 0.05) is 23.5 Å². The molecule has 0 fully saturated rings. The van der Waals surface area contributed by atoms with E-state index in [0.717, 1.165) is 14.3 Å². The Kier molecular flexibility index (Phi) is 11.5. The zero-order valence-corrected chi connectivity index (χ0v) is 28.1. The molecule has 0 aliphatic carbocycles. The van der Waals surface area contributed by atoms with Gasteiger partial charge in [0.1, 0.15) is 12.6 Å². The van der Waals surface area contributed by atoms with E-state index in [2.05, 4.69) is 21.2 Å². The molecule has 0 bridgehead atoms. The molecule has 2 amide bonds. The van der Waals surface area contributed by atoms with Gasteiger partial charge in [-0.15, -0.1) is 0 Å². The van der Waals surface area contributed by atoms with Crippen LogP contribution >= 0.6 is 39.1 Å². The van der Waals surface area contributed by atoms with Gasteiger partial charge < -0.3 is 10.2 Å². The summed E-state index contributed by atoms with van der Waals surface area (Å²) in [7, 11) is -4.17. The summed E-state index contributed by atoms with van der Waals surface area (Å²) >= 11 is 15.9. The molecular formula is C33H32BrCl2N3O4S. The van der Waals surface area contributed by atoms with Crippen LogP contribution in [0.15, 0.2) is 112 Å². The van der Waals surface area contributed by atoms with E-state index in [4.69, 9.17) is 23.2 Å². The first kappa shape index (κ1) is 33.5. The third-order valence-corrected chi connectivity index (χ3v) is 9.82. The summed E-state index contributed by atoms with van der Waals surface area (Å²) < 4.78 is 29.8. The Morgan fingerprint density at radius 1 is 0.818 bits per heavy atom. The lowest BCUT2D eigenvalue weighted by Crippen LogP contribution is -2.54. The maximum atomic E-state index is 14.4. The molecule has 230 valence electrons. The van der Waals surface area contributed by atoms with Crippen LogP contribution in [-0.4, -0.2) is 43.8 Å². The van der Waals surface area contributed by atoms with Crippen molar-refractivity contribution in [3.63, 3.8) is 0 Å². The number of anilines is 1. The highest BCUT2D eigenvalue weighted by atomic mass is 79.9. The van der Waals surface area contributed by atoms with Crippen molar-refractivity contribution in [3.8, 4) is 0 Å². The number of rotatable bonds is 12. The number of amides is 2. The number of hydrogen-bond acceptors (Lipinski definition) is 4. The first-order valence-electron chi connectivity index (χ1n) is 13.9. The topological polar surface area (TPSA) is 86.8 Å². The quantitative estimate of drug-likeness (QED) is 0.169. The fraction of sp³-hybridized carbons (Fsp3) is 0.212. The second-order valence-electron chi connectivity index (χ2n) is 10.4. The van der Waals surface area contributed by atoms with Crippen LogP contribution in [0.1, 0.15) is 25.0 Å². The lowest BCUT2D eigenvalue weighted by atomic mass is 10.0. The minimum absolute atomic E-state index is 0.0156. The minimum Gasteiger partial charge on any atom is -0.352 e. The summed E-state index contributed by atoms with van der Waals surface area (Å²) in [4.78, 5) is 29.6. The zero-order chi connectivity index (χ0) is 31.9. The van der Waals surface area contributed by atoms with E-state index in [9.17, 15) is 18.0 Å². The van der Waals surface area contributed by atoms with Gasteiger partial charge in [-0.1, -0.05) is 93.7 Å². The maximum Gasteiger partial charge on any atom is 0.264 e. The van der Waals surface area contributed by atoms with Crippen molar-refractivity contribution in [3.05, 3.63) is 129 Å². The van der Waals surface area contributed by atoms with E-state index in [-0.39, 0.29) is 29.8 Å². The molecule has 0 aliphatic rings. The van der Waals surface area contributed by atoms with Gasteiger partial charge in [-0.25, -0.2) is 8.42 Å². The number of halogens is 3. The van der Waals surface area contributed by atoms with Crippen molar-refractivity contribution in [1.29, 1.82) is 0 Å². The normalized spacial score (nSPS) is 12.0. The van der Waals surface area contributed by atoms with Gasteiger partial charge in [-0.2, -0.15) is 0 Å². The molecule has 0 aliphatic heterocycles. The summed E-state index contributed by atoms with van der Waals surface area (Å²) in [5.41, 5.74) is 1.76. The van der Waals surface area contributed by atoms with E-state index in [1.165, 1.54) is 17.0 Å². The molecule has 1 atom stereocenters. The van der Waals surface area contributed by atoms with Crippen LogP contribution in [-0.2, 0) is 32.6 Å². The Balaban J connectivity index is 1.81. The van der Waals surface area contributed by atoms with Gasteiger partial charge >= 0.3 is 0 Å². The first-order valence-corrected chi connectivity index (χ1v) is 16.9. The van der Waals surface area contributed by atoms with Crippen LogP contribution in [0.2, 0.25) is 10.0 Å². The molecule has 1 N–H and O–H groups in total. The molecule has 0 saturated heterocycles. The minimum atomic E-state index is -4.17. The van der Waals surface area contributed by atoms with Crippen molar-refractivity contribution in [2.24, 2.45) is 0 Å². The average Bonchev–Trinajstić information content (AvgIpc) is 3.00. The van der Waals surface area contributed by atoms with Crippen LogP contribution in [0.3, 0.4) is 0 Å². The number of hydrogen-bond donors (Lipinski definition) is 1. The number of nitrogens with one attached hydrogen (secondary N) is 1. The van der Waals surface area contributed by atoms with Crippen LogP contribution in [0, 0.1) is 0 Å².